The molecule has 1 aliphatic rings. The van der Waals surface area contributed by atoms with Crippen LogP contribution in [0.2, 0.25) is 0 Å². The maximum absolute atomic E-state index is 12.0. The van der Waals surface area contributed by atoms with Crippen LogP contribution in [0.4, 0.5) is 0 Å². The molecule has 1 unspecified atom stereocenters. The molecule has 1 aliphatic heterocycles. The van der Waals surface area contributed by atoms with Crippen LogP contribution in [0, 0.1) is 0 Å². The van der Waals surface area contributed by atoms with Gasteiger partial charge in [-0.3, -0.25) is 0 Å². The minimum absolute atomic E-state index is 0.0665. The van der Waals surface area contributed by atoms with E-state index in [0.717, 1.165) is 44.9 Å². The third kappa shape index (κ3) is 4.19. The van der Waals surface area contributed by atoms with Gasteiger partial charge in [0, 0.05) is 13.6 Å². The average molecular weight is 277 g/mol. The quantitative estimate of drug-likeness (QED) is 0.691. The van der Waals surface area contributed by atoms with Crippen LogP contribution in [0.15, 0.2) is 0 Å². The van der Waals surface area contributed by atoms with Crippen molar-refractivity contribution in [1.82, 2.24) is 14.1 Å². The molecule has 6 heteroatoms. The lowest BCUT2D eigenvalue weighted by molar-refractivity contribution is 0.0626. The summed E-state index contributed by atoms with van der Waals surface area (Å²) in [6, 6.07) is 0. The van der Waals surface area contributed by atoms with E-state index in [4.69, 9.17) is 0 Å². The highest BCUT2D eigenvalue weighted by Gasteiger charge is 2.39. The van der Waals surface area contributed by atoms with Gasteiger partial charge in [0.15, 0.2) is 0 Å². The summed E-state index contributed by atoms with van der Waals surface area (Å²) < 4.78 is 28.2. The first-order valence-corrected chi connectivity index (χ1v) is 8.49. The van der Waals surface area contributed by atoms with E-state index < -0.39 is 10.2 Å². The van der Waals surface area contributed by atoms with Crippen LogP contribution < -0.4 is 4.72 Å². The van der Waals surface area contributed by atoms with E-state index in [9.17, 15) is 8.42 Å². The number of nitrogens with zero attached hydrogens (tertiary/aromatic N) is 2. The van der Waals surface area contributed by atoms with E-state index in [-0.39, 0.29) is 6.17 Å². The van der Waals surface area contributed by atoms with E-state index >= 15 is 0 Å². The van der Waals surface area contributed by atoms with Gasteiger partial charge in [0.1, 0.15) is 0 Å². The van der Waals surface area contributed by atoms with E-state index in [0.29, 0.717) is 6.54 Å². The van der Waals surface area contributed by atoms with Crippen molar-refractivity contribution in [1.29, 1.82) is 0 Å². The van der Waals surface area contributed by atoms with Crippen LogP contribution in [0.25, 0.3) is 0 Å². The number of hydrazine groups is 1. The van der Waals surface area contributed by atoms with Crippen LogP contribution in [-0.4, -0.2) is 37.6 Å². The topological polar surface area (TPSA) is 52.7 Å². The lowest BCUT2D eigenvalue weighted by Crippen LogP contribution is -2.40. The highest BCUT2D eigenvalue weighted by Crippen LogP contribution is 2.20. The number of hydrogen-bond acceptors (Lipinski definition) is 3. The normalized spacial score (nSPS) is 24.7. The SMILES string of the molecule is CCCCCC1NS(=O)(=O)N(CCCCC)N1C. The fourth-order valence-corrected chi connectivity index (χ4v) is 3.80. The molecule has 1 fully saturated rings. The Kier molecular flexibility index (Phi) is 6.55. The molecule has 0 spiro atoms. The summed E-state index contributed by atoms with van der Waals surface area (Å²) in [6.45, 7) is 4.86. The van der Waals surface area contributed by atoms with Crippen LogP contribution in [-0.2, 0) is 10.2 Å². The third-order valence-corrected chi connectivity index (χ3v) is 4.96. The zero-order valence-corrected chi connectivity index (χ0v) is 12.7. The van der Waals surface area contributed by atoms with Crippen molar-refractivity contribution in [2.24, 2.45) is 0 Å². The summed E-state index contributed by atoms with van der Waals surface area (Å²) in [5.41, 5.74) is 0. The van der Waals surface area contributed by atoms with Crippen molar-refractivity contribution in [2.45, 2.75) is 65.0 Å². The zero-order valence-electron chi connectivity index (χ0n) is 11.9. The lowest BCUT2D eigenvalue weighted by atomic mass is 10.2. The Balaban J connectivity index is 2.51. The van der Waals surface area contributed by atoms with Gasteiger partial charge >= 0.3 is 0 Å². The fraction of sp³-hybridized carbons (Fsp3) is 1.00. The standard InChI is InChI=1S/C12H27N3O2S/c1-4-6-8-10-12-13-18(16,17)15(14(12)3)11-9-7-5-2/h12-13H,4-11H2,1-3H3. The summed E-state index contributed by atoms with van der Waals surface area (Å²) in [7, 11) is -1.43. The zero-order chi connectivity index (χ0) is 13.6. The summed E-state index contributed by atoms with van der Waals surface area (Å²) in [4.78, 5) is 0. The maximum Gasteiger partial charge on any atom is 0.293 e. The molecule has 0 bridgehead atoms. The molecule has 1 rings (SSSR count). The molecule has 0 aromatic heterocycles. The van der Waals surface area contributed by atoms with Crippen molar-refractivity contribution >= 4 is 10.2 Å². The first-order chi connectivity index (χ1) is 8.53. The second kappa shape index (κ2) is 7.43. The molecule has 5 nitrogen and oxygen atoms in total. The van der Waals surface area contributed by atoms with E-state index in [1.165, 1.54) is 4.41 Å². The Hall–Kier alpha value is -0.170. The van der Waals surface area contributed by atoms with Gasteiger partial charge in [0.2, 0.25) is 0 Å². The minimum Gasteiger partial charge on any atom is -0.212 e. The fourth-order valence-electron chi connectivity index (χ4n) is 2.24. The van der Waals surface area contributed by atoms with Gasteiger partial charge in [0.25, 0.3) is 10.2 Å². The van der Waals surface area contributed by atoms with Crippen molar-refractivity contribution in [3.8, 4) is 0 Å². The van der Waals surface area contributed by atoms with Crippen molar-refractivity contribution in [3.05, 3.63) is 0 Å². The highest BCUT2D eigenvalue weighted by atomic mass is 32.2. The van der Waals surface area contributed by atoms with Gasteiger partial charge in [-0.2, -0.15) is 13.1 Å². The summed E-state index contributed by atoms with van der Waals surface area (Å²) >= 11 is 0. The van der Waals surface area contributed by atoms with E-state index in [1.807, 2.05) is 12.1 Å². The average Bonchev–Trinajstić information content (AvgIpc) is 2.52. The number of rotatable bonds is 8. The molecule has 0 amide bonds. The summed E-state index contributed by atoms with van der Waals surface area (Å²) in [5.74, 6) is 0. The molecule has 1 atom stereocenters. The molecule has 1 saturated heterocycles. The maximum atomic E-state index is 12.0. The van der Waals surface area contributed by atoms with Crippen molar-refractivity contribution < 1.29 is 8.42 Å². The van der Waals surface area contributed by atoms with Gasteiger partial charge in [-0.15, -0.1) is 4.41 Å². The first kappa shape index (κ1) is 15.9. The molecule has 1 N–H and O–H groups in total. The first-order valence-electron chi connectivity index (χ1n) is 7.05. The van der Waals surface area contributed by atoms with Crippen LogP contribution in [0.5, 0.6) is 0 Å². The minimum atomic E-state index is -3.29. The van der Waals surface area contributed by atoms with Gasteiger partial charge in [-0.1, -0.05) is 46.0 Å². The van der Waals surface area contributed by atoms with Crippen LogP contribution >= 0.6 is 0 Å². The van der Waals surface area contributed by atoms with Gasteiger partial charge < -0.3 is 0 Å². The Labute approximate surface area is 112 Å². The van der Waals surface area contributed by atoms with Crippen LogP contribution in [0.1, 0.15) is 58.8 Å². The molecule has 108 valence electrons. The van der Waals surface area contributed by atoms with Crippen molar-refractivity contribution in [2.75, 3.05) is 13.6 Å². The van der Waals surface area contributed by atoms with Crippen LogP contribution in [0.3, 0.4) is 0 Å². The Morgan fingerprint density at radius 3 is 2.28 bits per heavy atom. The molecular weight excluding hydrogens is 250 g/mol. The number of unbranched alkanes of at least 4 members (excludes halogenated alkanes) is 4. The highest BCUT2D eigenvalue weighted by molar-refractivity contribution is 7.87. The Bertz CT molecular complexity index is 332. The molecule has 0 aliphatic carbocycles. The van der Waals surface area contributed by atoms with Gasteiger partial charge in [-0.05, 0) is 12.8 Å². The van der Waals surface area contributed by atoms with E-state index in [1.54, 1.807) is 0 Å². The third-order valence-electron chi connectivity index (χ3n) is 3.40. The molecule has 0 aromatic carbocycles. The Morgan fingerprint density at radius 1 is 1.06 bits per heavy atom. The number of nitrogens with one attached hydrogen (secondary N) is 1. The Morgan fingerprint density at radius 2 is 1.67 bits per heavy atom. The molecule has 1 heterocycles. The predicted octanol–water partition coefficient (Wildman–Crippen LogP) is 2.08. The molecule has 0 aromatic rings. The second-order valence-corrected chi connectivity index (χ2v) is 6.57. The molecular formula is C12H27N3O2S. The number of hydrogen-bond donors (Lipinski definition) is 1. The molecule has 18 heavy (non-hydrogen) atoms. The van der Waals surface area contributed by atoms with Gasteiger partial charge in [0.05, 0.1) is 6.17 Å². The summed E-state index contributed by atoms with van der Waals surface area (Å²) in [6.07, 6.45) is 7.29. The van der Waals surface area contributed by atoms with Gasteiger partial charge in [-0.25, -0.2) is 5.01 Å². The van der Waals surface area contributed by atoms with E-state index in [2.05, 4.69) is 18.6 Å². The second-order valence-electron chi connectivity index (χ2n) is 4.96. The smallest absolute Gasteiger partial charge is 0.212 e. The summed E-state index contributed by atoms with van der Waals surface area (Å²) in [5, 5.41) is 1.85. The largest absolute Gasteiger partial charge is 0.293 e. The molecule has 0 saturated carbocycles. The monoisotopic (exact) mass is 277 g/mol. The predicted molar refractivity (Wildman–Crippen MR) is 74.0 cm³/mol. The lowest BCUT2D eigenvalue weighted by Gasteiger charge is -2.24. The molecule has 0 radical (unpaired) electrons. The van der Waals surface area contributed by atoms with Crippen molar-refractivity contribution in [3.63, 3.8) is 0 Å².